The van der Waals surface area contributed by atoms with Gasteiger partial charge in [-0.3, -0.25) is 19.9 Å². The molecule has 3 heterocycles. The molecule has 0 aliphatic carbocycles. The molecule has 4 atom stereocenters. The van der Waals surface area contributed by atoms with Crippen molar-refractivity contribution in [3.05, 3.63) is 71.8 Å². The molecule has 2 aliphatic heterocycles. The number of hydrogen-bond acceptors (Lipinski definition) is 5. The molecule has 2 amide bonds. The number of allylic oxidation sites excluding steroid dienone is 1. The largest absolute Gasteiger partial charge is 0.338 e. The predicted molar refractivity (Wildman–Crippen MR) is 170 cm³/mol. The summed E-state index contributed by atoms with van der Waals surface area (Å²) in [4.78, 5) is 38.5. The van der Waals surface area contributed by atoms with E-state index in [0.29, 0.717) is 35.5 Å². The van der Waals surface area contributed by atoms with E-state index in [0.717, 1.165) is 48.9 Å². The topological polar surface area (TPSA) is 106 Å². The predicted octanol–water partition coefficient (Wildman–Crippen LogP) is 6.05. The van der Waals surface area contributed by atoms with Crippen LogP contribution in [0.5, 0.6) is 0 Å². The van der Waals surface area contributed by atoms with Crippen LogP contribution in [-0.2, 0) is 11.8 Å². The van der Waals surface area contributed by atoms with Crippen molar-refractivity contribution in [1.82, 2.24) is 14.5 Å². The van der Waals surface area contributed by atoms with E-state index in [4.69, 9.17) is 10.7 Å². The summed E-state index contributed by atoms with van der Waals surface area (Å²) in [6.07, 6.45) is 11.2. The summed E-state index contributed by atoms with van der Waals surface area (Å²) < 4.78 is 1.85. The van der Waals surface area contributed by atoms with Crippen LogP contribution in [0.2, 0.25) is 0 Å². The van der Waals surface area contributed by atoms with E-state index in [1.54, 1.807) is 0 Å². The van der Waals surface area contributed by atoms with Crippen LogP contribution in [0, 0.1) is 11.8 Å². The number of fused-ring (bicyclic) bond motifs is 1. The molecule has 2 aromatic carbocycles. The van der Waals surface area contributed by atoms with Crippen LogP contribution >= 0.6 is 0 Å². The maximum Gasteiger partial charge on any atom is 0.273 e. The number of anilines is 1. The molecule has 2 aliphatic rings. The summed E-state index contributed by atoms with van der Waals surface area (Å²) in [6.45, 7) is 6.14. The number of aryl methyl sites for hydroxylation is 1. The standard InChI is InChI=1S/C34H44N6O2/c1-4-10-24-21-23(5-2)19-20-40(22-24)33(42)26-17-15-25(16-18-26)28-12-7-6-11-27(35)31(36-28)32(41)38-34-37-29-13-8-9-14-30(29)39(34)3/h7-9,12-18,23-24,27-28H,4-6,10-11,19-22,35H2,1-3H3,(H,37,38,41)/b12-7-,36-31?. The maximum atomic E-state index is 13.5. The SMILES string of the molecule is CCCC1CC(CC)CCN(C(=O)c2ccc(C3/C=C\CCC(N)C(C(=O)Nc4nc5ccccc5n4C)=N3)cc2)C1. The van der Waals surface area contributed by atoms with Crippen molar-refractivity contribution < 1.29 is 9.59 Å². The van der Waals surface area contributed by atoms with Crippen LogP contribution < -0.4 is 11.1 Å². The first-order chi connectivity index (χ1) is 20.4. The molecule has 3 N–H and O–H groups in total. The van der Waals surface area contributed by atoms with Gasteiger partial charge in [-0.2, -0.15) is 0 Å². The Hall–Kier alpha value is -3.78. The molecule has 222 valence electrons. The van der Waals surface area contributed by atoms with Gasteiger partial charge in [0.25, 0.3) is 11.8 Å². The summed E-state index contributed by atoms with van der Waals surface area (Å²) >= 11 is 0. The van der Waals surface area contributed by atoms with Crippen molar-refractivity contribution in [3.63, 3.8) is 0 Å². The summed E-state index contributed by atoms with van der Waals surface area (Å²) in [5, 5.41) is 2.93. The third-order valence-corrected chi connectivity index (χ3v) is 8.85. The number of aliphatic imine (C=N–C) groups is 1. The molecule has 0 spiro atoms. The zero-order valence-electron chi connectivity index (χ0n) is 25.1. The molecule has 1 fully saturated rings. The van der Waals surface area contributed by atoms with Crippen LogP contribution in [0.3, 0.4) is 0 Å². The number of amides is 2. The molecule has 5 rings (SSSR count). The number of nitrogens with two attached hydrogens (primary N) is 1. The van der Waals surface area contributed by atoms with E-state index < -0.39 is 6.04 Å². The first kappa shape index (κ1) is 29.7. The zero-order chi connectivity index (χ0) is 29.6. The number of benzene rings is 2. The van der Waals surface area contributed by atoms with E-state index in [-0.39, 0.29) is 17.9 Å². The van der Waals surface area contributed by atoms with Gasteiger partial charge in [0.1, 0.15) is 5.71 Å². The first-order valence-electron chi connectivity index (χ1n) is 15.5. The number of likely N-dealkylation sites (tertiary alicyclic amines) is 1. The summed E-state index contributed by atoms with van der Waals surface area (Å²) in [7, 11) is 1.87. The Kier molecular flexibility index (Phi) is 9.52. The number of aromatic nitrogens is 2. The lowest BCUT2D eigenvalue weighted by Gasteiger charge is -2.25. The summed E-state index contributed by atoms with van der Waals surface area (Å²) in [5.74, 6) is 1.47. The molecule has 1 aromatic heterocycles. The third-order valence-electron chi connectivity index (χ3n) is 8.85. The summed E-state index contributed by atoms with van der Waals surface area (Å²) in [5.41, 5.74) is 10.1. The van der Waals surface area contributed by atoms with Gasteiger partial charge in [-0.15, -0.1) is 0 Å². The smallest absolute Gasteiger partial charge is 0.273 e. The molecule has 8 nitrogen and oxygen atoms in total. The minimum Gasteiger partial charge on any atom is -0.338 e. The van der Waals surface area contributed by atoms with Crippen LogP contribution in [0.1, 0.15) is 80.8 Å². The number of nitrogens with zero attached hydrogens (tertiary/aromatic N) is 4. The number of rotatable bonds is 7. The molecule has 8 heteroatoms. The Labute approximate surface area is 249 Å². The van der Waals surface area contributed by atoms with Crippen molar-refractivity contribution >= 4 is 34.5 Å². The Morgan fingerprint density at radius 3 is 2.57 bits per heavy atom. The van der Waals surface area contributed by atoms with E-state index >= 15 is 0 Å². The molecular weight excluding hydrogens is 524 g/mol. The minimum absolute atomic E-state index is 0.0978. The van der Waals surface area contributed by atoms with Gasteiger partial charge in [-0.1, -0.05) is 63.1 Å². The molecule has 0 radical (unpaired) electrons. The number of imidazole rings is 1. The van der Waals surface area contributed by atoms with Crippen LogP contribution in [-0.4, -0.2) is 51.1 Å². The lowest BCUT2D eigenvalue weighted by Crippen LogP contribution is -2.40. The molecule has 0 bridgehead atoms. The number of nitrogens with one attached hydrogen (secondary N) is 1. The Morgan fingerprint density at radius 2 is 1.83 bits per heavy atom. The normalized spacial score (nSPS) is 23.9. The highest BCUT2D eigenvalue weighted by atomic mass is 16.2. The van der Waals surface area contributed by atoms with Crippen molar-refractivity contribution in [2.45, 2.75) is 70.9 Å². The zero-order valence-corrected chi connectivity index (χ0v) is 25.1. The first-order valence-corrected chi connectivity index (χ1v) is 15.5. The van der Waals surface area contributed by atoms with E-state index in [9.17, 15) is 9.59 Å². The molecule has 4 unspecified atom stereocenters. The quantitative estimate of drug-likeness (QED) is 0.339. The number of hydrogen-bond donors (Lipinski definition) is 2. The van der Waals surface area contributed by atoms with Crippen LogP contribution in [0.4, 0.5) is 5.95 Å². The van der Waals surface area contributed by atoms with Crippen molar-refractivity contribution in [3.8, 4) is 0 Å². The van der Waals surface area contributed by atoms with Crippen LogP contribution in [0.15, 0.2) is 65.7 Å². The van der Waals surface area contributed by atoms with Gasteiger partial charge < -0.3 is 15.2 Å². The maximum absolute atomic E-state index is 13.5. The second-order valence-electron chi connectivity index (χ2n) is 11.8. The second-order valence-corrected chi connectivity index (χ2v) is 11.8. The van der Waals surface area contributed by atoms with Crippen molar-refractivity contribution in [2.75, 3.05) is 18.4 Å². The minimum atomic E-state index is -0.501. The molecule has 0 saturated carbocycles. The average Bonchev–Trinajstić information content (AvgIpc) is 3.16. The molecule has 42 heavy (non-hydrogen) atoms. The highest BCUT2D eigenvalue weighted by molar-refractivity contribution is 6.44. The molecular formula is C34H44N6O2. The van der Waals surface area contributed by atoms with Gasteiger partial charge >= 0.3 is 0 Å². The van der Waals surface area contributed by atoms with Crippen molar-refractivity contribution in [1.29, 1.82) is 0 Å². The Bertz CT molecular complexity index is 1460. The monoisotopic (exact) mass is 568 g/mol. The Balaban J connectivity index is 1.34. The highest BCUT2D eigenvalue weighted by Crippen LogP contribution is 2.29. The van der Waals surface area contributed by atoms with Gasteiger partial charge in [-0.25, -0.2) is 4.98 Å². The van der Waals surface area contributed by atoms with Crippen LogP contribution in [0.25, 0.3) is 11.0 Å². The Morgan fingerprint density at radius 1 is 1.05 bits per heavy atom. The molecule has 3 aromatic rings. The second kappa shape index (κ2) is 13.5. The number of carbonyl (C=O) groups excluding carboxylic acids is 2. The fourth-order valence-corrected chi connectivity index (χ4v) is 6.35. The van der Waals surface area contributed by atoms with E-state index in [1.165, 1.54) is 19.3 Å². The lowest BCUT2D eigenvalue weighted by molar-refractivity contribution is -0.110. The molecule has 1 saturated heterocycles. The van der Waals surface area contributed by atoms with Gasteiger partial charge in [-0.05, 0) is 73.8 Å². The van der Waals surface area contributed by atoms with Gasteiger partial charge in [0, 0.05) is 25.7 Å². The fourth-order valence-electron chi connectivity index (χ4n) is 6.35. The number of para-hydroxylation sites is 2. The average molecular weight is 569 g/mol. The lowest BCUT2D eigenvalue weighted by atomic mass is 9.89. The van der Waals surface area contributed by atoms with Gasteiger partial charge in [0.15, 0.2) is 0 Å². The van der Waals surface area contributed by atoms with Crippen molar-refractivity contribution in [2.24, 2.45) is 29.6 Å². The fraction of sp³-hybridized carbons (Fsp3) is 0.471. The number of carbonyl (C=O) groups is 2. The van der Waals surface area contributed by atoms with E-state index in [2.05, 4.69) is 35.1 Å². The van der Waals surface area contributed by atoms with Gasteiger partial charge in [0.05, 0.1) is 23.1 Å². The van der Waals surface area contributed by atoms with Gasteiger partial charge in [0.2, 0.25) is 5.95 Å². The van der Waals surface area contributed by atoms with E-state index in [1.807, 2.05) is 66.2 Å². The highest BCUT2D eigenvalue weighted by Gasteiger charge is 2.27. The third kappa shape index (κ3) is 6.65. The summed E-state index contributed by atoms with van der Waals surface area (Å²) in [6, 6.07) is 14.6.